The van der Waals surface area contributed by atoms with Crippen molar-refractivity contribution in [1.82, 2.24) is 0 Å². The third-order valence-corrected chi connectivity index (χ3v) is 4.57. The molecule has 0 N–H and O–H groups in total. The Bertz CT molecular complexity index is 739. The predicted molar refractivity (Wildman–Crippen MR) is 75.2 cm³/mol. The summed E-state index contributed by atoms with van der Waals surface area (Å²) in [7, 11) is -3.59. The van der Waals surface area contributed by atoms with Gasteiger partial charge in [0.15, 0.2) is 9.84 Å². The molecule has 0 fully saturated rings. The van der Waals surface area contributed by atoms with Gasteiger partial charge in [0, 0.05) is 11.6 Å². The van der Waals surface area contributed by atoms with E-state index < -0.39 is 14.8 Å². The van der Waals surface area contributed by atoms with Gasteiger partial charge in [0.2, 0.25) is 0 Å². The van der Waals surface area contributed by atoms with Crippen LogP contribution in [0.5, 0.6) is 0 Å². The molecule has 0 saturated heterocycles. The molecule has 0 unspecified atom stereocenters. The Morgan fingerprint density at radius 3 is 2.35 bits per heavy atom. The molecule has 0 amide bonds. The maximum absolute atomic E-state index is 12.2. The Morgan fingerprint density at radius 2 is 1.75 bits per heavy atom. The van der Waals surface area contributed by atoms with E-state index in [1.165, 1.54) is 24.3 Å². The Morgan fingerprint density at radius 1 is 1.10 bits per heavy atom. The lowest BCUT2D eigenvalue weighted by Crippen LogP contribution is -2.07. The van der Waals surface area contributed by atoms with Crippen molar-refractivity contribution in [2.45, 2.75) is 17.6 Å². The molecule has 0 aliphatic rings. The summed E-state index contributed by atoms with van der Waals surface area (Å²) in [4.78, 5) is 10.6. The smallest absolute Gasteiger partial charge is 0.258 e. The molecule has 0 atom stereocenters. The van der Waals surface area contributed by atoms with Crippen molar-refractivity contribution in [2.24, 2.45) is 0 Å². The lowest BCUT2D eigenvalue weighted by molar-refractivity contribution is -0.385. The van der Waals surface area contributed by atoms with E-state index in [0.717, 1.165) is 5.56 Å². The second-order valence-electron chi connectivity index (χ2n) is 4.46. The van der Waals surface area contributed by atoms with Gasteiger partial charge in [0.1, 0.15) is 0 Å². The molecule has 0 saturated carbocycles. The Balaban J connectivity index is 2.43. The molecule has 0 radical (unpaired) electrons. The minimum atomic E-state index is -3.59. The summed E-state index contributed by atoms with van der Waals surface area (Å²) < 4.78 is 24.5. The summed E-state index contributed by atoms with van der Waals surface area (Å²) in [6, 6.07) is 12.5. The first kappa shape index (κ1) is 14.2. The summed E-state index contributed by atoms with van der Waals surface area (Å²) in [5, 5.41) is 11.0. The zero-order valence-electron chi connectivity index (χ0n) is 10.8. The van der Waals surface area contributed by atoms with Gasteiger partial charge in [-0.3, -0.25) is 10.1 Å². The molecule has 20 heavy (non-hydrogen) atoms. The molecule has 0 bridgehead atoms. The number of nitrogens with zero attached hydrogens (tertiary/aromatic N) is 1. The Kier molecular flexibility index (Phi) is 3.85. The molecule has 6 heteroatoms. The van der Waals surface area contributed by atoms with Gasteiger partial charge < -0.3 is 0 Å². The van der Waals surface area contributed by atoms with Crippen molar-refractivity contribution >= 4 is 15.5 Å². The molecule has 104 valence electrons. The molecule has 0 spiro atoms. The first-order chi connectivity index (χ1) is 9.40. The average Bonchev–Trinajstić information content (AvgIpc) is 2.41. The van der Waals surface area contributed by atoms with Gasteiger partial charge in [-0.15, -0.1) is 0 Å². The van der Waals surface area contributed by atoms with Gasteiger partial charge in [0.05, 0.1) is 15.6 Å². The summed E-state index contributed by atoms with van der Waals surface area (Å²) in [6.07, 6.45) is 0. The second-order valence-corrected chi connectivity index (χ2v) is 6.45. The van der Waals surface area contributed by atoms with Crippen LogP contribution in [-0.2, 0) is 15.6 Å². The molecule has 2 aromatic carbocycles. The Hall–Kier alpha value is -2.21. The topological polar surface area (TPSA) is 77.3 Å². The van der Waals surface area contributed by atoms with E-state index in [1.54, 1.807) is 31.2 Å². The third-order valence-electron chi connectivity index (χ3n) is 2.89. The van der Waals surface area contributed by atoms with Crippen LogP contribution in [0.25, 0.3) is 0 Å². The highest BCUT2D eigenvalue weighted by Crippen LogP contribution is 2.24. The normalized spacial score (nSPS) is 11.2. The van der Waals surface area contributed by atoms with E-state index in [4.69, 9.17) is 0 Å². The standard InChI is InChI=1S/C14H13NO4S/c1-11-7-8-12(14(9-11)15(16)17)10-20(18,19)13-5-3-2-4-6-13/h2-9H,10H2,1H3. The van der Waals surface area contributed by atoms with Crippen molar-refractivity contribution in [2.75, 3.05) is 0 Å². The van der Waals surface area contributed by atoms with Gasteiger partial charge in [-0.1, -0.05) is 30.3 Å². The highest BCUT2D eigenvalue weighted by atomic mass is 32.2. The number of nitro benzene ring substituents is 1. The fourth-order valence-electron chi connectivity index (χ4n) is 1.88. The number of hydrogen-bond donors (Lipinski definition) is 0. The van der Waals surface area contributed by atoms with Crippen LogP contribution in [0.15, 0.2) is 53.4 Å². The van der Waals surface area contributed by atoms with Crippen LogP contribution >= 0.6 is 0 Å². The number of rotatable bonds is 4. The van der Waals surface area contributed by atoms with Gasteiger partial charge >= 0.3 is 0 Å². The molecular weight excluding hydrogens is 278 g/mol. The number of hydrogen-bond acceptors (Lipinski definition) is 4. The van der Waals surface area contributed by atoms with Crippen molar-refractivity contribution in [3.63, 3.8) is 0 Å². The van der Waals surface area contributed by atoms with Crippen LogP contribution in [0.2, 0.25) is 0 Å². The first-order valence-corrected chi connectivity index (χ1v) is 7.57. The number of benzene rings is 2. The fourth-order valence-corrected chi connectivity index (χ4v) is 3.27. The second kappa shape index (κ2) is 5.42. The summed E-state index contributed by atoms with van der Waals surface area (Å²) in [5.74, 6) is -0.381. The first-order valence-electron chi connectivity index (χ1n) is 5.92. The van der Waals surface area contributed by atoms with Crippen molar-refractivity contribution < 1.29 is 13.3 Å². The summed E-state index contributed by atoms with van der Waals surface area (Å²) >= 11 is 0. The average molecular weight is 291 g/mol. The molecule has 0 aliphatic carbocycles. The van der Waals surface area contributed by atoms with Gasteiger partial charge in [-0.05, 0) is 24.6 Å². The van der Waals surface area contributed by atoms with Crippen LogP contribution in [0, 0.1) is 17.0 Å². The molecule has 2 aromatic rings. The van der Waals surface area contributed by atoms with Crippen LogP contribution in [0.3, 0.4) is 0 Å². The van der Waals surface area contributed by atoms with Crippen molar-refractivity contribution in [3.05, 3.63) is 69.8 Å². The monoisotopic (exact) mass is 291 g/mol. The quantitative estimate of drug-likeness (QED) is 0.641. The van der Waals surface area contributed by atoms with Gasteiger partial charge in [0.25, 0.3) is 5.69 Å². The summed E-state index contributed by atoms with van der Waals surface area (Å²) in [6.45, 7) is 1.72. The molecule has 0 aromatic heterocycles. The molecule has 5 nitrogen and oxygen atoms in total. The lowest BCUT2D eigenvalue weighted by atomic mass is 10.1. The minimum Gasteiger partial charge on any atom is -0.258 e. The highest BCUT2D eigenvalue weighted by molar-refractivity contribution is 7.90. The molecular formula is C14H13NO4S. The van der Waals surface area contributed by atoms with Crippen molar-refractivity contribution in [3.8, 4) is 0 Å². The highest BCUT2D eigenvalue weighted by Gasteiger charge is 2.21. The minimum absolute atomic E-state index is 0.162. The third kappa shape index (κ3) is 3.03. The lowest BCUT2D eigenvalue weighted by Gasteiger charge is -2.06. The molecule has 0 heterocycles. The maximum Gasteiger partial charge on any atom is 0.273 e. The molecule has 0 aliphatic heterocycles. The predicted octanol–water partition coefficient (Wildman–Crippen LogP) is 2.88. The van der Waals surface area contributed by atoms with Crippen molar-refractivity contribution in [1.29, 1.82) is 0 Å². The van der Waals surface area contributed by atoms with E-state index in [9.17, 15) is 18.5 Å². The molecule has 2 rings (SSSR count). The van der Waals surface area contributed by atoms with Crippen LogP contribution in [-0.4, -0.2) is 13.3 Å². The number of nitro groups is 1. The van der Waals surface area contributed by atoms with E-state index in [2.05, 4.69) is 0 Å². The zero-order valence-corrected chi connectivity index (χ0v) is 11.6. The Labute approximate surface area is 116 Å². The van der Waals surface area contributed by atoms with E-state index >= 15 is 0 Å². The number of sulfone groups is 1. The van der Waals surface area contributed by atoms with Crippen LogP contribution < -0.4 is 0 Å². The van der Waals surface area contributed by atoms with Gasteiger partial charge in [-0.2, -0.15) is 0 Å². The zero-order chi connectivity index (χ0) is 14.8. The van der Waals surface area contributed by atoms with E-state index in [-0.39, 0.29) is 21.9 Å². The van der Waals surface area contributed by atoms with Crippen LogP contribution in [0.1, 0.15) is 11.1 Å². The van der Waals surface area contributed by atoms with Gasteiger partial charge in [-0.25, -0.2) is 8.42 Å². The van der Waals surface area contributed by atoms with E-state index in [1.807, 2.05) is 0 Å². The van der Waals surface area contributed by atoms with E-state index in [0.29, 0.717) is 0 Å². The van der Waals surface area contributed by atoms with Crippen LogP contribution in [0.4, 0.5) is 5.69 Å². The maximum atomic E-state index is 12.2. The number of aryl methyl sites for hydroxylation is 1. The largest absolute Gasteiger partial charge is 0.273 e. The fraction of sp³-hybridized carbons (Fsp3) is 0.143. The summed E-state index contributed by atoms with van der Waals surface area (Å²) in [5.41, 5.74) is 0.756. The SMILES string of the molecule is Cc1ccc(CS(=O)(=O)c2ccccc2)c([N+](=O)[O-])c1.